The van der Waals surface area contributed by atoms with E-state index in [-0.39, 0.29) is 5.92 Å². The normalized spacial score (nSPS) is 19.5. The highest BCUT2D eigenvalue weighted by atomic mass is 16.4. The lowest BCUT2D eigenvalue weighted by Crippen LogP contribution is -2.24. The molecule has 0 bridgehead atoms. The molecule has 2 nitrogen and oxygen atoms in total. The summed E-state index contributed by atoms with van der Waals surface area (Å²) in [6, 6.07) is 6.31. The van der Waals surface area contributed by atoms with Gasteiger partial charge in [-0.25, -0.2) is 0 Å². The molecule has 0 saturated heterocycles. The van der Waals surface area contributed by atoms with Crippen LogP contribution in [0.1, 0.15) is 23.6 Å². The zero-order chi connectivity index (χ0) is 11.0. The Morgan fingerprint density at radius 2 is 2.07 bits per heavy atom. The number of allylic oxidation sites excluding steroid dienone is 1. The second-order valence-electron chi connectivity index (χ2n) is 4.33. The van der Waals surface area contributed by atoms with E-state index in [1.807, 2.05) is 19.9 Å². The topological polar surface area (TPSA) is 40.5 Å². The van der Waals surface area contributed by atoms with Crippen molar-refractivity contribution in [3.63, 3.8) is 0 Å². The minimum atomic E-state index is -1.33. The first-order valence-electron chi connectivity index (χ1n) is 5.25. The van der Waals surface area contributed by atoms with Crippen LogP contribution in [0.15, 0.2) is 23.7 Å². The first-order chi connectivity index (χ1) is 7.08. The molecule has 0 saturated carbocycles. The van der Waals surface area contributed by atoms with Gasteiger partial charge in [0.2, 0.25) is 0 Å². The molecule has 1 unspecified atom stereocenters. The Kier molecular flexibility index (Phi) is 2.68. The van der Waals surface area contributed by atoms with Crippen LogP contribution in [0.3, 0.4) is 0 Å². The largest absolute Gasteiger partial charge is 0.484 e. The Hall–Kier alpha value is -1.06. The first-order valence-corrected chi connectivity index (χ1v) is 5.25. The highest BCUT2D eigenvalue weighted by molar-refractivity contribution is 6.52. The summed E-state index contributed by atoms with van der Waals surface area (Å²) in [7, 11) is -1.33. The summed E-state index contributed by atoms with van der Waals surface area (Å²) < 4.78 is 0. The second kappa shape index (κ2) is 3.84. The van der Waals surface area contributed by atoms with E-state index in [9.17, 15) is 10.0 Å². The van der Waals surface area contributed by atoms with Gasteiger partial charge in [-0.1, -0.05) is 36.8 Å². The molecule has 1 aromatic carbocycles. The fraction of sp³-hybridized carbons (Fsp3) is 0.333. The molecular formula is C12H15BO2. The van der Waals surface area contributed by atoms with Crippen LogP contribution >= 0.6 is 0 Å². The van der Waals surface area contributed by atoms with E-state index >= 15 is 0 Å². The van der Waals surface area contributed by atoms with Gasteiger partial charge in [-0.2, -0.15) is 0 Å². The lowest BCUT2D eigenvalue weighted by molar-refractivity contribution is 0.410. The summed E-state index contributed by atoms with van der Waals surface area (Å²) in [6.07, 6.45) is 2.79. The summed E-state index contributed by atoms with van der Waals surface area (Å²) >= 11 is 0. The van der Waals surface area contributed by atoms with Crippen LogP contribution in [0.4, 0.5) is 0 Å². The molecule has 15 heavy (non-hydrogen) atoms. The minimum absolute atomic E-state index is 0.209. The molecule has 1 aliphatic carbocycles. The third kappa shape index (κ3) is 1.99. The summed E-state index contributed by atoms with van der Waals surface area (Å²) in [5, 5.41) is 18.5. The molecule has 2 rings (SSSR count). The predicted octanol–water partition coefficient (Wildman–Crippen LogP) is 1.58. The molecule has 0 aliphatic heterocycles. The molecule has 1 aromatic rings. The van der Waals surface area contributed by atoms with Crippen LogP contribution < -0.4 is 0 Å². The van der Waals surface area contributed by atoms with Crippen molar-refractivity contribution in [1.82, 2.24) is 0 Å². The first kappa shape index (κ1) is 10.5. The van der Waals surface area contributed by atoms with Gasteiger partial charge >= 0.3 is 7.12 Å². The fourth-order valence-corrected chi connectivity index (χ4v) is 2.13. The zero-order valence-corrected chi connectivity index (χ0v) is 9.07. The van der Waals surface area contributed by atoms with E-state index in [4.69, 9.17) is 0 Å². The summed E-state index contributed by atoms with van der Waals surface area (Å²) in [5.74, 6) is 0.209. The number of aryl methyl sites for hydroxylation is 1. The van der Waals surface area contributed by atoms with Crippen molar-refractivity contribution in [2.24, 2.45) is 5.92 Å². The third-order valence-corrected chi connectivity index (χ3v) is 3.02. The van der Waals surface area contributed by atoms with E-state index in [0.29, 0.717) is 5.47 Å². The second-order valence-corrected chi connectivity index (χ2v) is 4.33. The van der Waals surface area contributed by atoms with Gasteiger partial charge < -0.3 is 10.0 Å². The maximum Gasteiger partial charge on any atom is 0.484 e. The monoisotopic (exact) mass is 202 g/mol. The van der Waals surface area contributed by atoms with Gasteiger partial charge in [-0.3, -0.25) is 0 Å². The molecule has 0 amide bonds. The molecule has 2 N–H and O–H groups in total. The number of fused-ring (bicyclic) bond motifs is 1. The molecule has 0 fully saturated rings. The van der Waals surface area contributed by atoms with Gasteiger partial charge in [-0.05, 0) is 35.9 Å². The Balaban J connectivity index is 2.47. The Bertz CT molecular complexity index is 410. The van der Waals surface area contributed by atoms with Gasteiger partial charge in [0.05, 0.1) is 0 Å². The summed E-state index contributed by atoms with van der Waals surface area (Å²) in [5.41, 5.74) is 4.33. The molecule has 0 heterocycles. The van der Waals surface area contributed by atoms with Crippen molar-refractivity contribution >= 4 is 13.2 Å². The van der Waals surface area contributed by atoms with Gasteiger partial charge in [0.1, 0.15) is 0 Å². The van der Waals surface area contributed by atoms with Crippen molar-refractivity contribution in [2.75, 3.05) is 0 Å². The quantitative estimate of drug-likeness (QED) is 0.678. The van der Waals surface area contributed by atoms with Gasteiger partial charge in [0.15, 0.2) is 0 Å². The van der Waals surface area contributed by atoms with Crippen molar-refractivity contribution < 1.29 is 10.0 Å². The van der Waals surface area contributed by atoms with Crippen molar-refractivity contribution in [3.05, 3.63) is 40.4 Å². The van der Waals surface area contributed by atoms with E-state index in [1.165, 1.54) is 11.1 Å². The van der Waals surface area contributed by atoms with Crippen molar-refractivity contribution in [3.8, 4) is 0 Å². The Morgan fingerprint density at radius 3 is 2.73 bits per heavy atom. The average Bonchev–Trinajstić information content (AvgIpc) is 2.17. The van der Waals surface area contributed by atoms with Crippen LogP contribution in [0.25, 0.3) is 6.08 Å². The van der Waals surface area contributed by atoms with Crippen LogP contribution in [0, 0.1) is 12.8 Å². The van der Waals surface area contributed by atoms with Crippen LogP contribution in [0.2, 0.25) is 0 Å². The zero-order valence-electron chi connectivity index (χ0n) is 9.07. The van der Waals surface area contributed by atoms with Gasteiger partial charge in [0, 0.05) is 0 Å². The third-order valence-electron chi connectivity index (χ3n) is 3.02. The van der Waals surface area contributed by atoms with Crippen LogP contribution in [-0.2, 0) is 6.42 Å². The molecule has 0 spiro atoms. The lowest BCUT2D eigenvalue weighted by Gasteiger charge is -2.22. The smallest absolute Gasteiger partial charge is 0.423 e. The fourth-order valence-electron chi connectivity index (χ4n) is 2.13. The molecule has 3 heteroatoms. The summed E-state index contributed by atoms with van der Waals surface area (Å²) in [6.45, 7) is 4.06. The van der Waals surface area contributed by atoms with Crippen LogP contribution in [-0.4, -0.2) is 17.2 Å². The highest BCUT2D eigenvalue weighted by Crippen LogP contribution is 2.29. The van der Waals surface area contributed by atoms with Crippen molar-refractivity contribution in [2.45, 2.75) is 20.3 Å². The van der Waals surface area contributed by atoms with E-state index < -0.39 is 7.12 Å². The average molecular weight is 202 g/mol. The predicted molar refractivity (Wildman–Crippen MR) is 62.2 cm³/mol. The molecular weight excluding hydrogens is 187 g/mol. The standard InChI is InChI=1S/C12H15BO2/c1-8-3-4-10-6-9(2)12(13(14)15)7-11(10)5-8/h3-5,7,9,14-15H,6H2,1-2H3. The van der Waals surface area contributed by atoms with E-state index in [1.54, 1.807) is 0 Å². The highest BCUT2D eigenvalue weighted by Gasteiger charge is 2.25. The molecule has 1 atom stereocenters. The molecule has 78 valence electrons. The van der Waals surface area contributed by atoms with Gasteiger partial charge in [-0.15, -0.1) is 0 Å². The number of hydrogen-bond donors (Lipinski definition) is 2. The maximum absolute atomic E-state index is 9.23. The maximum atomic E-state index is 9.23. The Labute approximate surface area is 90.4 Å². The van der Waals surface area contributed by atoms with E-state index in [0.717, 1.165) is 12.0 Å². The number of benzene rings is 1. The van der Waals surface area contributed by atoms with Crippen molar-refractivity contribution in [1.29, 1.82) is 0 Å². The van der Waals surface area contributed by atoms with Crippen LogP contribution in [0.5, 0.6) is 0 Å². The SMILES string of the molecule is Cc1ccc2c(c1)C=C(B(O)O)C(C)C2. The molecule has 0 aromatic heterocycles. The Morgan fingerprint density at radius 1 is 1.33 bits per heavy atom. The molecule has 0 radical (unpaired) electrons. The number of rotatable bonds is 1. The van der Waals surface area contributed by atoms with Gasteiger partial charge in [0.25, 0.3) is 0 Å². The lowest BCUT2D eigenvalue weighted by atomic mass is 9.67. The van der Waals surface area contributed by atoms with E-state index in [2.05, 4.69) is 18.2 Å². The summed E-state index contributed by atoms with van der Waals surface area (Å²) in [4.78, 5) is 0. The number of hydrogen-bond acceptors (Lipinski definition) is 2. The minimum Gasteiger partial charge on any atom is -0.423 e. The molecule has 1 aliphatic rings.